The summed E-state index contributed by atoms with van der Waals surface area (Å²) in [5.41, 5.74) is 6.36. The predicted octanol–water partition coefficient (Wildman–Crippen LogP) is 2.73. The monoisotopic (exact) mass is 425 g/mol. The fourth-order valence-electron chi connectivity index (χ4n) is 2.56. The number of rotatable bonds is 8. The van der Waals surface area contributed by atoms with Gasteiger partial charge in [0, 0.05) is 18.4 Å². The van der Waals surface area contributed by atoms with Crippen molar-refractivity contribution in [3.8, 4) is 5.75 Å². The average molecular weight is 426 g/mol. The Balaban J connectivity index is 1.49. The average Bonchev–Trinajstić information content (AvgIpc) is 3.19. The lowest BCUT2D eigenvalue weighted by atomic mass is 10.1. The Hall–Kier alpha value is -3.33. The van der Waals surface area contributed by atoms with Crippen LogP contribution in [0.25, 0.3) is 0 Å². The van der Waals surface area contributed by atoms with Gasteiger partial charge < -0.3 is 9.30 Å². The van der Waals surface area contributed by atoms with Crippen molar-refractivity contribution in [2.45, 2.75) is 30.4 Å². The first-order valence-corrected chi connectivity index (χ1v) is 10.4. The molecular weight excluding hydrogens is 402 g/mol. The van der Waals surface area contributed by atoms with E-state index < -0.39 is 17.9 Å². The molecule has 1 heterocycles. The second-order valence-electron chi connectivity index (χ2n) is 6.48. The van der Waals surface area contributed by atoms with Gasteiger partial charge in [0.1, 0.15) is 12.1 Å². The van der Waals surface area contributed by atoms with Crippen LogP contribution < -0.4 is 15.6 Å². The molecular formula is C21H23N5O3S. The highest BCUT2D eigenvalue weighted by molar-refractivity contribution is 7.98. The van der Waals surface area contributed by atoms with Gasteiger partial charge in [0.2, 0.25) is 0 Å². The van der Waals surface area contributed by atoms with Crippen molar-refractivity contribution in [3.63, 3.8) is 0 Å². The Labute approximate surface area is 179 Å². The molecule has 2 amide bonds. The van der Waals surface area contributed by atoms with E-state index in [4.69, 9.17) is 4.74 Å². The summed E-state index contributed by atoms with van der Waals surface area (Å²) in [7, 11) is 1.89. The van der Waals surface area contributed by atoms with Gasteiger partial charge in [-0.1, -0.05) is 49.0 Å². The van der Waals surface area contributed by atoms with Crippen LogP contribution in [0.15, 0.2) is 66.1 Å². The lowest BCUT2D eigenvalue weighted by Crippen LogP contribution is -2.47. The molecule has 0 bridgehead atoms. The number of para-hydroxylation sites is 1. The number of carbonyl (C=O) groups is 2. The molecule has 0 aliphatic rings. The number of aryl methyl sites for hydroxylation is 1. The van der Waals surface area contributed by atoms with Crippen molar-refractivity contribution in [2.75, 3.05) is 0 Å². The fourth-order valence-corrected chi connectivity index (χ4v) is 3.40. The smallest absolute Gasteiger partial charge is 0.279 e. The molecule has 8 nitrogen and oxygen atoms in total. The van der Waals surface area contributed by atoms with Crippen molar-refractivity contribution >= 4 is 23.6 Å². The maximum atomic E-state index is 12.3. The van der Waals surface area contributed by atoms with Crippen molar-refractivity contribution in [2.24, 2.45) is 7.05 Å². The number of benzene rings is 2. The summed E-state index contributed by atoms with van der Waals surface area (Å²) < 4.78 is 7.52. The lowest BCUT2D eigenvalue weighted by Gasteiger charge is -2.17. The second-order valence-corrected chi connectivity index (χ2v) is 7.42. The van der Waals surface area contributed by atoms with Crippen LogP contribution in [0.3, 0.4) is 0 Å². The Morgan fingerprint density at radius 2 is 1.83 bits per heavy atom. The highest BCUT2D eigenvalue weighted by Gasteiger charge is 2.19. The topological polar surface area (TPSA) is 98.1 Å². The lowest BCUT2D eigenvalue weighted by molar-refractivity contribution is -0.128. The summed E-state index contributed by atoms with van der Waals surface area (Å²) in [6, 6.07) is 16.2. The minimum atomic E-state index is -0.701. The molecule has 0 saturated carbocycles. The van der Waals surface area contributed by atoms with Gasteiger partial charge >= 0.3 is 0 Å². The molecule has 30 heavy (non-hydrogen) atoms. The Morgan fingerprint density at radius 1 is 1.10 bits per heavy atom. The molecule has 2 N–H and O–H groups in total. The third-order valence-electron chi connectivity index (χ3n) is 4.24. The van der Waals surface area contributed by atoms with E-state index in [9.17, 15) is 9.59 Å². The maximum absolute atomic E-state index is 12.3. The van der Waals surface area contributed by atoms with Gasteiger partial charge in [-0.2, -0.15) is 0 Å². The number of hydrogen-bond donors (Lipinski definition) is 2. The molecule has 3 aromatic rings. The van der Waals surface area contributed by atoms with Crippen LogP contribution in [0.1, 0.15) is 29.3 Å². The summed E-state index contributed by atoms with van der Waals surface area (Å²) in [4.78, 5) is 24.7. The SMILES string of the molecule is CCC(Oc1ccccc1)C(=O)NNC(=O)c1ccc(CSc2nncn2C)cc1. The molecule has 0 aliphatic heterocycles. The van der Waals surface area contributed by atoms with Crippen LogP contribution in [0.4, 0.5) is 0 Å². The Bertz CT molecular complexity index is 976. The van der Waals surface area contributed by atoms with E-state index in [1.807, 2.05) is 48.9 Å². The van der Waals surface area contributed by atoms with Crippen LogP contribution in [0, 0.1) is 0 Å². The number of hydrogen-bond acceptors (Lipinski definition) is 6. The standard InChI is InChI=1S/C21H23N5O3S/c1-3-18(29-17-7-5-4-6-8-17)20(28)24-23-19(27)16-11-9-15(10-12-16)13-30-21-25-22-14-26(21)2/h4-12,14,18H,3,13H2,1-2H3,(H,23,27)(H,24,28). The number of aromatic nitrogens is 3. The number of nitrogens with zero attached hydrogens (tertiary/aromatic N) is 3. The fraction of sp³-hybridized carbons (Fsp3) is 0.238. The van der Waals surface area contributed by atoms with Crippen LogP contribution in [0.5, 0.6) is 5.75 Å². The van der Waals surface area contributed by atoms with E-state index >= 15 is 0 Å². The normalized spacial score (nSPS) is 11.5. The molecule has 1 unspecified atom stereocenters. The third-order valence-corrected chi connectivity index (χ3v) is 5.34. The van der Waals surface area contributed by atoms with E-state index in [0.717, 1.165) is 10.7 Å². The maximum Gasteiger partial charge on any atom is 0.279 e. The van der Waals surface area contributed by atoms with Gasteiger partial charge in [-0.25, -0.2) is 0 Å². The summed E-state index contributed by atoms with van der Waals surface area (Å²) in [6.45, 7) is 1.84. The van der Waals surface area contributed by atoms with Gasteiger partial charge in [0.05, 0.1) is 0 Å². The molecule has 3 rings (SSSR count). The summed E-state index contributed by atoms with van der Waals surface area (Å²) >= 11 is 1.56. The van der Waals surface area contributed by atoms with E-state index in [0.29, 0.717) is 23.5 Å². The summed E-state index contributed by atoms with van der Waals surface area (Å²) in [6.07, 6.45) is 1.42. The van der Waals surface area contributed by atoms with Gasteiger partial charge in [-0.05, 0) is 36.2 Å². The third kappa shape index (κ3) is 5.84. The number of carbonyl (C=O) groups excluding carboxylic acids is 2. The van der Waals surface area contributed by atoms with Gasteiger partial charge in [0.25, 0.3) is 11.8 Å². The molecule has 9 heteroatoms. The molecule has 1 atom stereocenters. The molecule has 0 aliphatic carbocycles. The first-order chi connectivity index (χ1) is 14.6. The van der Waals surface area contributed by atoms with Gasteiger partial charge in [0.15, 0.2) is 11.3 Å². The minimum Gasteiger partial charge on any atom is -0.481 e. The molecule has 0 saturated heterocycles. The highest BCUT2D eigenvalue weighted by Crippen LogP contribution is 2.20. The Morgan fingerprint density at radius 3 is 2.47 bits per heavy atom. The summed E-state index contributed by atoms with van der Waals surface area (Å²) in [5, 5.41) is 8.69. The largest absolute Gasteiger partial charge is 0.481 e. The number of ether oxygens (including phenoxy) is 1. The first-order valence-electron chi connectivity index (χ1n) is 9.44. The van der Waals surface area contributed by atoms with Crippen LogP contribution >= 0.6 is 11.8 Å². The molecule has 156 valence electrons. The van der Waals surface area contributed by atoms with Crippen molar-refractivity contribution in [1.29, 1.82) is 0 Å². The van der Waals surface area contributed by atoms with Crippen molar-refractivity contribution in [3.05, 3.63) is 72.1 Å². The second kappa shape index (κ2) is 10.4. The van der Waals surface area contributed by atoms with Gasteiger partial charge in [-0.3, -0.25) is 20.4 Å². The predicted molar refractivity (Wildman–Crippen MR) is 114 cm³/mol. The Kier molecular flexibility index (Phi) is 7.45. The van der Waals surface area contributed by atoms with Crippen molar-refractivity contribution in [1.82, 2.24) is 25.6 Å². The van der Waals surface area contributed by atoms with Crippen LogP contribution in [-0.4, -0.2) is 32.7 Å². The van der Waals surface area contributed by atoms with E-state index in [1.54, 1.807) is 42.4 Å². The molecule has 0 spiro atoms. The number of amides is 2. The zero-order valence-corrected chi connectivity index (χ0v) is 17.6. The van der Waals surface area contributed by atoms with Crippen LogP contribution in [-0.2, 0) is 17.6 Å². The minimum absolute atomic E-state index is 0.398. The van der Waals surface area contributed by atoms with E-state index in [-0.39, 0.29) is 0 Å². The number of thioether (sulfide) groups is 1. The van der Waals surface area contributed by atoms with E-state index in [2.05, 4.69) is 21.0 Å². The first kappa shape index (κ1) is 21.4. The zero-order chi connectivity index (χ0) is 21.3. The molecule has 0 fully saturated rings. The zero-order valence-electron chi connectivity index (χ0n) is 16.7. The molecule has 2 aromatic carbocycles. The molecule has 1 aromatic heterocycles. The quantitative estimate of drug-likeness (QED) is 0.425. The van der Waals surface area contributed by atoms with Crippen molar-refractivity contribution < 1.29 is 14.3 Å². The number of nitrogens with one attached hydrogen (secondary N) is 2. The molecule has 0 radical (unpaired) electrons. The van der Waals surface area contributed by atoms with Crippen LogP contribution in [0.2, 0.25) is 0 Å². The number of hydrazine groups is 1. The van der Waals surface area contributed by atoms with E-state index in [1.165, 1.54) is 0 Å². The summed E-state index contributed by atoms with van der Waals surface area (Å²) in [5.74, 6) is 0.498. The highest BCUT2D eigenvalue weighted by atomic mass is 32.2. The van der Waals surface area contributed by atoms with Gasteiger partial charge in [-0.15, -0.1) is 10.2 Å².